The number of aromatic nitrogens is 3. The van der Waals surface area contributed by atoms with Crippen molar-refractivity contribution < 1.29 is 9.53 Å². The smallest absolute Gasteiger partial charge is 0.357 e. The van der Waals surface area contributed by atoms with Crippen molar-refractivity contribution in [2.75, 3.05) is 6.61 Å². The van der Waals surface area contributed by atoms with E-state index >= 15 is 0 Å². The van der Waals surface area contributed by atoms with E-state index in [1.807, 2.05) is 0 Å². The summed E-state index contributed by atoms with van der Waals surface area (Å²) in [4.78, 5) is 15.9. The molecule has 2 aromatic heterocycles. The average molecular weight is 264 g/mol. The fourth-order valence-corrected chi connectivity index (χ4v) is 1.57. The van der Waals surface area contributed by atoms with Crippen LogP contribution in [-0.4, -0.2) is 27.3 Å². The van der Waals surface area contributed by atoms with Gasteiger partial charge in [-0.05, 0) is 18.2 Å². The number of carbonyl (C=O) groups is 1. The van der Waals surface area contributed by atoms with E-state index in [1.165, 1.54) is 23.0 Å². The van der Waals surface area contributed by atoms with E-state index in [9.17, 15) is 4.79 Å². The van der Waals surface area contributed by atoms with Crippen molar-refractivity contribution in [3.63, 3.8) is 0 Å². The van der Waals surface area contributed by atoms with Gasteiger partial charge in [-0.15, -0.1) is 0 Å². The van der Waals surface area contributed by atoms with Crippen LogP contribution < -0.4 is 0 Å². The van der Waals surface area contributed by atoms with Gasteiger partial charge in [0.05, 0.1) is 11.2 Å². The van der Waals surface area contributed by atoms with Gasteiger partial charge >= 0.3 is 5.97 Å². The van der Waals surface area contributed by atoms with Crippen LogP contribution in [0.3, 0.4) is 0 Å². The van der Waals surface area contributed by atoms with Crippen LogP contribution in [0.2, 0.25) is 5.02 Å². The first-order valence-corrected chi connectivity index (χ1v) is 5.54. The van der Waals surface area contributed by atoms with Crippen LogP contribution in [0.25, 0.3) is 5.82 Å². The molecule has 0 saturated carbocycles. The van der Waals surface area contributed by atoms with E-state index in [0.717, 1.165) is 0 Å². The molecule has 18 heavy (non-hydrogen) atoms. The molecule has 0 N–H and O–H groups in total. The lowest BCUT2D eigenvalue weighted by Crippen LogP contribution is -2.13. The second kappa shape index (κ2) is 5.46. The monoisotopic (exact) mass is 263 g/mol. The summed E-state index contributed by atoms with van der Waals surface area (Å²) in [6.45, 7) is 3.61. The predicted octanol–water partition coefficient (Wildman–Crippen LogP) is 2.26. The topological polar surface area (TPSA) is 57.0 Å². The van der Waals surface area contributed by atoms with E-state index in [0.29, 0.717) is 10.8 Å². The van der Waals surface area contributed by atoms with Gasteiger partial charge in [0.1, 0.15) is 6.61 Å². The molecule has 2 heterocycles. The number of carbonyl (C=O) groups excluding carboxylic acids is 1. The summed E-state index contributed by atoms with van der Waals surface area (Å²) in [6.07, 6.45) is 4.55. The molecule has 0 spiro atoms. The van der Waals surface area contributed by atoms with Crippen molar-refractivity contribution in [1.82, 2.24) is 14.8 Å². The summed E-state index contributed by atoms with van der Waals surface area (Å²) in [5.74, 6) is -0.121. The lowest BCUT2D eigenvalue weighted by atomic mass is 10.4. The lowest BCUT2D eigenvalue weighted by Gasteiger charge is -2.07. The van der Waals surface area contributed by atoms with Gasteiger partial charge in [0, 0.05) is 6.20 Å². The summed E-state index contributed by atoms with van der Waals surface area (Å²) in [6, 6.07) is 4.91. The molecule has 2 aromatic rings. The highest BCUT2D eigenvalue weighted by molar-refractivity contribution is 6.32. The molecule has 0 radical (unpaired) electrons. The maximum Gasteiger partial charge on any atom is 0.357 e. The number of rotatable bonds is 4. The molecule has 0 aliphatic rings. The molecule has 92 valence electrons. The predicted molar refractivity (Wildman–Crippen MR) is 66.8 cm³/mol. The Balaban J connectivity index is 2.36. The third kappa shape index (κ3) is 2.41. The van der Waals surface area contributed by atoms with Gasteiger partial charge < -0.3 is 4.74 Å². The van der Waals surface area contributed by atoms with Crippen LogP contribution in [-0.2, 0) is 4.74 Å². The maximum atomic E-state index is 11.8. The van der Waals surface area contributed by atoms with Crippen LogP contribution in [0.1, 0.15) is 10.5 Å². The van der Waals surface area contributed by atoms with E-state index < -0.39 is 5.97 Å². The van der Waals surface area contributed by atoms with Crippen molar-refractivity contribution >= 4 is 17.6 Å². The highest BCUT2D eigenvalue weighted by atomic mass is 35.5. The average Bonchev–Trinajstić information content (AvgIpc) is 2.85. The van der Waals surface area contributed by atoms with Gasteiger partial charge in [0.2, 0.25) is 0 Å². The maximum absolute atomic E-state index is 11.8. The van der Waals surface area contributed by atoms with Gasteiger partial charge in [-0.25, -0.2) is 14.5 Å². The summed E-state index contributed by atoms with van der Waals surface area (Å²) < 4.78 is 6.29. The third-order valence-corrected chi connectivity index (χ3v) is 2.42. The van der Waals surface area contributed by atoms with Crippen molar-refractivity contribution in [3.8, 4) is 5.82 Å². The highest BCUT2D eigenvalue weighted by Gasteiger charge is 2.16. The van der Waals surface area contributed by atoms with Gasteiger partial charge in [0.15, 0.2) is 11.5 Å². The molecule has 0 atom stereocenters. The number of esters is 1. The van der Waals surface area contributed by atoms with Crippen molar-refractivity contribution in [2.24, 2.45) is 0 Å². The molecule has 0 bridgehead atoms. The van der Waals surface area contributed by atoms with Gasteiger partial charge in [-0.3, -0.25) is 0 Å². The quantitative estimate of drug-likeness (QED) is 0.627. The zero-order chi connectivity index (χ0) is 13.0. The summed E-state index contributed by atoms with van der Waals surface area (Å²) >= 11 is 6.01. The fourth-order valence-electron chi connectivity index (χ4n) is 1.37. The van der Waals surface area contributed by atoms with E-state index in [1.54, 1.807) is 18.3 Å². The lowest BCUT2D eigenvalue weighted by molar-refractivity contribution is 0.0539. The summed E-state index contributed by atoms with van der Waals surface area (Å²) in [5, 5.41) is 4.42. The van der Waals surface area contributed by atoms with Gasteiger partial charge in [-0.1, -0.05) is 24.3 Å². The molecular weight excluding hydrogens is 254 g/mol. The molecule has 5 nitrogen and oxygen atoms in total. The fraction of sp³-hybridized carbons (Fsp3) is 0.0833. The minimum absolute atomic E-state index is 0.139. The number of hydrogen-bond donors (Lipinski definition) is 0. The number of pyridine rings is 1. The summed E-state index contributed by atoms with van der Waals surface area (Å²) in [7, 11) is 0. The number of ether oxygens (including phenoxy) is 1. The van der Waals surface area contributed by atoms with Crippen LogP contribution in [0.4, 0.5) is 0 Å². The first-order chi connectivity index (χ1) is 8.74. The molecule has 0 unspecified atom stereocenters. The largest absolute Gasteiger partial charge is 0.457 e. The first kappa shape index (κ1) is 12.3. The molecule has 0 amide bonds. The Kier molecular flexibility index (Phi) is 3.74. The van der Waals surface area contributed by atoms with Gasteiger partial charge in [0.25, 0.3) is 0 Å². The van der Waals surface area contributed by atoms with Crippen molar-refractivity contribution in [2.45, 2.75) is 0 Å². The van der Waals surface area contributed by atoms with Crippen molar-refractivity contribution in [1.29, 1.82) is 0 Å². The van der Waals surface area contributed by atoms with Crippen LogP contribution in [0, 0.1) is 0 Å². The Morgan fingerprint density at radius 3 is 3.06 bits per heavy atom. The Morgan fingerprint density at radius 2 is 2.33 bits per heavy atom. The molecule has 0 aliphatic heterocycles. The normalized spacial score (nSPS) is 10.1. The zero-order valence-corrected chi connectivity index (χ0v) is 10.2. The summed E-state index contributed by atoms with van der Waals surface area (Å²) in [5.41, 5.74) is 0.262. The molecule has 6 heteroatoms. The molecule has 0 fully saturated rings. The second-order valence-electron chi connectivity index (χ2n) is 3.32. The van der Waals surface area contributed by atoms with Crippen LogP contribution >= 0.6 is 11.6 Å². The first-order valence-electron chi connectivity index (χ1n) is 5.17. The van der Waals surface area contributed by atoms with Crippen molar-refractivity contribution in [3.05, 3.63) is 54.0 Å². The van der Waals surface area contributed by atoms with Crippen LogP contribution in [0.5, 0.6) is 0 Å². The SMILES string of the molecule is C=CCOC(=O)c1ccnn1-c1ncccc1Cl. The zero-order valence-electron chi connectivity index (χ0n) is 9.41. The molecule has 0 saturated heterocycles. The Labute approximate surface area is 109 Å². The molecule has 0 aromatic carbocycles. The van der Waals surface area contributed by atoms with E-state index in [2.05, 4.69) is 16.7 Å². The number of halogens is 1. The highest BCUT2D eigenvalue weighted by Crippen LogP contribution is 2.18. The number of nitrogens with zero attached hydrogens (tertiary/aromatic N) is 3. The molecular formula is C12H10ClN3O2. The third-order valence-electron chi connectivity index (χ3n) is 2.12. The van der Waals surface area contributed by atoms with E-state index in [-0.39, 0.29) is 12.3 Å². The van der Waals surface area contributed by atoms with Gasteiger partial charge in [-0.2, -0.15) is 5.10 Å². The Bertz CT molecular complexity index is 580. The van der Waals surface area contributed by atoms with Crippen LogP contribution in [0.15, 0.2) is 43.2 Å². The second-order valence-corrected chi connectivity index (χ2v) is 3.73. The molecule has 2 rings (SSSR count). The minimum Gasteiger partial charge on any atom is -0.457 e. The van der Waals surface area contributed by atoms with E-state index in [4.69, 9.17) is 16.3 Å². The Hall–Kier alpha value is -2.14. The Morgan fingerprint density at radius 1 is 1.50 bits per heavy atom. The number of hydrogen-bond acceptors (Lipinski definition) is 4. The minimum atomic E-state index is -0.505. The molecule has 0 aliphatic carbocycles. The standard InChI is InChI=1S/C12H10ClN3O2/c1-2-8-18-12(17)10-5-7-15-16(10)11-9(13)4-3-6-14-11/h2-7H,1,8H2.